The number of benzene rings is 2. The van der Waals surface area contributed by atoms with Crippen molar-refractivity contribution in [1.82, 2.24) is 0 Å². The predicted molar refractivity (Wildman–Crippen MR) is 123 cm³/mol. The minimum absolute atomic E-state index is 0.0389. The monoisotopic (exact) mass is 499 g/mol. The lowest BCUT2D eigenvalue weighted by atomic mass is 9.65. The number of hydrogen-bond donors (Lipinski definition) is 2. The van der Waals surface area contributed by atoms with Gasteiger partial charge in [-0.2, -0.15) is 13.2 Å². The van der Waals surface area contributed by atoms with Crippen LogP contribution < -0.4 is 4.74 Å². The van der Waals surface area contributed by atoms with E-state index < -0.39 is 19.6 Å². The summed E-state index contributed by atoms with van der Waals surface area (Å²) < 4.78 is 63.8. The normalized spacial score (nSPS) is 19.7. The highest BCUT2D eigenvalue weighted by Crippen LogP contribution is 2.49. The zero-order valence-corrected chi connectivity index (χ0v) is 20.1. The van der Waals surface area contributed by atoms with Gasteiger partial charge in [0.15, 0.2) is 0 Å². The van der Waals surface area contributed by atoms with Gasteiger partial charge in [-0.25, -0.2) is 4.57 Å². The van der Waals surface area contributed by atoms with Crippen molar-refractivity contribution in [2.75, 3.05) is 6.61 Å². The summed E-state index contributed by atoms with van der Waals surface area (Å²) in [5, 5.41) is 0.412. The van der Waals surface area contributed by atoms with Gasteiger partial charge in [0.2, 0.25) is 0 Å². The average Bonchev–Trinajstić information content (AvgIpc) is 2.78. The van der Waals surface area contributed by atoms with Gasteiger partial charge in [0.25, 0.3) is 0 Å². The predicted octanol–water partition coefficient (Wildman–Crippen LogP) is 7.18. The first kappa shape index (κ1) is 25.5. The van der Waals surface area contributed by atoms with Crippen molar-refractivity contribution in [2.24, 2.45) is 5.41 Å². The second-order valence-electron chi connectivity index (χ2n) is 9.79. The number of hydrogen-bond acceptors (Lipinski definition) is 3. The van der Waals surface area contributed by atoms with Crippen LogP contribution in [0.2, 0.25) is 0 Å². The fourth-order valence-corrected chi connectivity index (χ4v) is 5.89. The molecule has 0 heterocycles. The van der Waals surface area contributed by atoms with Crippen LogP contribution in [0.5, 0.6) is 5.75 Å². The van der Waals surface area contributed by atoms with Crippen LogP contribution in [0.3, 0.4) is 0 Å². The number of phosphoric acid groups is 1. The highest BCUT2D eigenvalue weighted by Gasteiger charge is 2.40. The van der Waals surface area contributed by atoms with Gasteiger partial charge in [-0.05, 0) is 66.3 Å². The number of alkyl halides is 3. The molecule has 4 rings (SSSR count). The molecular formula is C25H31F3O5P. The van der Waals surface area contributed by atoms with Gasteiger partial charge in [-0.3, -0.25) is 4.52 Å². The smallest absolute Gasteiger partial charge is 0.469 e. The first-order valence-corrected chi connectivity index (χ1v) is 13.3. The van der Waals surface area contributed by atoms with Crippen molar-refractivity contribution in [2.45, 2.75) is 77.0 Å². The van der Waals surface area contributed by atoms with Crippen LogP contribution >= 0.6 is 7.82 Å². The largest absolute Gasteiger partial charge is 0.490 e. The molecule has 0 saturated heterocycles. The molecule has 2 aromatic rings. The summed E-state index contributed by atoms with van der Waals surface area (Å²) in [7, 11) is -4.64. The first-order chi connectivity index (χ1) is 16.0. The molecule has 187 valence electrons. The first-order valence-electron chi connectivity index (χ1n) is 11.8. The fraction of sp³-hybridized carbons (Fsp3) is 0.560. The highest BCUT2D eigenvalue weighted by atomic mass is 31.2. The maximum atomic E-state index is 14.1. The van der Waals surface area contributed by atoms with Gasteiger partial charge in [0.1, 0.15) is 11.3 Å². The molecule has 1 radical (unpaired) electrons. The second-order valence-corrected chi connectivity index (χ2v) is 11.0. The van der Waals surface area contributed by atoms with Crippen molar-refractivity contribution in [1.29, 1.82) is 0 Å². The Morgan fingerprint density at radius 1 is 1.06 bits per heavy atom. The summed E-state index contributed by atoms with van der Waals surface area (Å²) in [5.41, 5.74) is 0.134. The molecule has 9 heteroatoms. The van der Waals surface area contributed by atoms with Crippen molar-refractivity contribution >= 4 is 18.6 Å². The Morgan fingerprint density at radius 2 is 1.74 bits per heavy atom. The van der Waals surface area contributed by atoms with Crippen LogP contribution in [0.15, 0.2) is 30.3 Å². The third-order valence-electron chi connectivity index (χ3n) is 7.41. The molecule has 1 spiro atoms. The summed E-state index contributed by atoms with van der Waals surface area (Å²) in [6, 6.07) is 7.46. The molecule has 2 fully saturated rings. The minimum Gasteiger partial charge on any atom is -0.490 e. The standard InChI is InChI=1S/C25H31F3O5P/c1-17(16-32-34(29,30)31)18-5-7-21-19(15-18)6-8-22(23(21)25(26,27)28)33-20-9-13-24(14-10-20)11-3-2-4-12-24/h5-8,15,20H,2-4,9-14,16H2,1H3,(H2,29,30,31). The summed E-state index contributed by atoms with van der Waals surface area (Å²) in [6.45, 7) is 1.29. The van der Waals surface area contributed by atoms with Crippen molar-refractivity contribution in [3.05, 3.63) is 47.4 Å². The molecule has 0 atom stereocenters. The Balaban J connectivity index is 1.55. The number of ether oxygens (including phenoxy) is 1. The van der Waals surface area contributed by atoms with E-state index in [4.69, 9.17) is 14.5 Å². The fourth-order valence-electron chi connectivity index (χ4n) is 5.53. The van der Waals surface area contributed by atoms with Crippen molar-refractivity contribution < 1.29 is 36.8 Å². The third kappa shape index (κ3) is 5.96. The number of halogens is 3. The van der Waals surface area contributed by atoms with E-state index in [1.54, 1.807) is 19.1 Å². The summed E-state index contributed by atoms with van der Waals surface area (Å²) in [6.07, 6.45) is 5.01. The summed E-state index contributed by atoms with van der Waals surface area (Å²) in [4.78, 5) is 17.8. The van der Waals surface area contributed by atoms with Crippen LogP contribution in [0.4, 0.5) is 13.2 Å². The van der Waals surface area contributed by atoms with Crippen LogP contribution in [0.1, 0.15) is 75.8 Å². The molecule has 2 aromatic carbocycles. The highest BCUT2D eigenvalue weighted by molar-refractivity contribution is 7.46. The molecule has 2 aliphatic carbocycles. The lowest BCUT2D eigenvalue weighted by molar-refractivity contribution is -0.138. The van der Waals surface area contributed by atoms with E-state index in [0.717, 1.165) is 25.7 Å². The van der Waals surface area contributed by atoms with E-state index >= 15 is 0 Å². The molecule has 0 bridgehead atoms. The average molecular weight is 499 g/mol. The molecule has 34 heavy (non-hydrogen) atoms. The zero-order chi connectivity index (χ0) is 24.6. The molecule has 0 amide bonds. The van der Waals surface area contributed by atoms with Crippen molar-refractivity contribution in [3.63, 3.8) is 0 Å². The van der Waals surface area contributed by atoms with Crippen LogP contribution in [0, 0.1) is 11.3 Å². The van der Waals surface area contributed by atoms with Gasteiger partial charge in [-0.1, -0.05) is 50.5 Å². The molecule has 2 saturated carbocycles. The van der Waals surface area contributed by atoms with E-state index in [9.17, 15) is 17.7 Å². The van der Waals surface area contributed by atoms with Gasteiger partial charge >= 0.3 is 14.0 Å². The minimum atomic E-state index is -4.64. The van der Waals surface area contributed by atoms with Gasteiger partial charge < -0.3 is 14.5 Å². The number of fused-ring (bicyclic) bond motifs is 1. The van der Waals surface area contributed by atoms with E-state index in [0.29, 0.717) is 22.3 Å². The Bertz CT molecular complexity index is 1050. The Kier molecular flexibility index (Phi) is 7.35. The Hall–Kier alpha value is -1.60. The van der Waals surface area contributed by atoms with Gasteiger partial charge in [-0.15, -0.1) is 0 Å². The van der Waals surface area contributed by atoms with Crippen LogP contribution in [-0.4, -0.2) is 22.5 Å². The van der Waals surface area contributed by atoms with Crippen LogP contribution in [-0.2, 0) is 15.3 Å². The van der Waals surface area contributed by atoms with E-state index in [-0.39, 0.29) is 23.8 Å². The maximum Gasteiger partial charge on any atom is 0.469 e. The lowest BCUT2D eigenvalue weighted by Gasteiger charge is -2.43. The Labute approximate surface area is 197 Å². The van der Waals surface area contributed by atoms with Gasteiger partial charge in [0, 0.05) is 5.92 Å². The molecule has 2 aliphatic rings. The summed E-state index contributed by atoms with van der Waals surface area (Å²) >= 11 is 0. The quantitative estimate of drug-likeness (QED) is 0.412. The second kappa shape index (κ2) is 9.81. The van der Waals surface area contributed by atoms with Crippen LogP contribution in [0.25, 0.3) is 10.8 Å². The summed E-state index contributed by atoms with van der Waals surface area (Å²) in [5.74, 6) is 0.362. The molecule has 0 aliphatic heterocycles. The van der Waals surface area contributed by atoms with E-state index in [1.807, 2.05) is 0 Å². The lowest BCUT2D eigenvalue weighted by Crippen LogP contribution is -2.34. The number of rotatable bonds is 6. The SMILES string of the molecule is C[C](COP(=O)(O)O)c1ccc2c(C(F)(F)F)c(OC3CCC4(CCCCC4)CC3)ccc2c1. The molecule has 2 N–H and O–H groups in total. The van der Waals surface area contributed by atoms with Crippen molar-refractivity contribution in [3.8, 4) is 5.75 Å². The molecule has 0 aromatic heterocycles. The topological polar surface area (TPSA) is 76.0 Å². The Morgan fingerprint density at radius 3 is 2.35 bits per heavy atom. The number of phosphoric ester groups is 1. The zero-order valence-electron chi connectivity index (χ0n) is 19.2. The molecule has 5 nitrogen and oxygen atoms in total. The third-order valence-corrected chi connectivity index (χ3v) is 7.87. The van der Waals surface area contributed by atoms with E-state index in [2.05, 4.69) is 4.52 Å². The molecular weight excluding hydrogens is 468 g/mol. The van der Waals surface area contributed by atoms with Gasteiger partial charge in [0.05, 0.1) is 12.7 Å². The van der Waals surface area contributed by atoms with E-state index in [1.165, 1.54) is 50.3 Å². The molecule has 0 unspecified atom stereocenters. The maximum absolute atomic E-state index is 14.1.